The standard InChI is InChI=1S/C11H19NS/c13-11(12-8-4-5-9-12)10-6-2-1-3-7-10/h10H,1-9H2. The van der Waals surface area contributed by atoms with Gasteiger partial charge in [0.25, 0.3) is 0 Å². The van der Waals surface area contributed by atoms with Crippen molar-refractivity contribution in [1.29, 1.82) is 0 Å². The first-order valence-corrected chi connectivity index (χ1v) is 6.07. The van der Waals surface area contributed by atoms with Crippen LogP contribution in [0.2, 0.25) is 0 Å². The molecule has 0 aromatic heterocycles. The lowest BCUT2D eigenvalue weighted by atomic mass is 9.89. The van der Waals surface area contributed by atoms with Crippen molar-refractivity contribution in [1.82, 2.24) is 4.90 Å². The maximum atomic E-state index is 5.56. The van der Waals surface area contributed by atoms with E-state index < -0.39 is 0 Å². The normalized spacial score (nSPS) is 25.1. The summed E-state index contributed by atoms with van der Waals surface area (Å²) in [4.78, 5) is 3.74. The predicted octanol–water partition coefficient (Wildman–Crippen LogP) is 2.99. The van der Waals surface area contributed by atoms with Gasteiger partial charge in [-0.2, -0.15) is 0 Å². The summed E-state index contributed by atoms with van der Waals surface area (Å²) >= 11 is 5.56. The first kappa shape index (κ1) is 9.45. The maximum Gasteiger partial charge on any atom is 0.0810 e. The van der Waals surface area contributed by atoms with E-state index in [0.717, 1.165) is 5.92 Å². The van der Waals surface area contributed by atoms with Crippen molar-refractivity contribution < 1.29 is 0 Å². The largest absolute Gasteiger partial charge is 0.366 e. The minimum atomic E-state index is 0.752. The highest BCUT2D eigenvalue weighted by molar-refractivity contribution is 7.80. The fraction of sp³-hybridized carbons (Fsp3) is 0.909. The number of rotatable bonds is 1. The van der Waals surface area contributed by atoms with Crippen LogP contribution in [-0.4, -0.2) is 23.0 Å². The summed E-state index contributed by atoms with van der Waals surface area (Å²) in [7, 11) is 0. The summed E-state index contributed by atoms with van der Waals surface area (Å²) in [6, 6.07) is 0. The lowest BCUT2D eigenvalue weighted by Crippen LogP contribution is -2.33. The van der Waals surface area contributed by atoms with E-state index in [9.17, 15) is 0 Å². The Balaban J connectivity index is 1.87. The lowest BCUT2D eigenvalue weighted by molar-refractivity contribution is 0.398. The van der Waals surface area contributed by atoms with Crippen LogP contribution >= 0.6 is 12.2 Å². The number of likely N-dealkylation sites (tertiary alicyclic amines) is 1. The molecular weight excluding hydrogens is 178 g/mol. The molecule has 2 rings (SSSR count). The topological polar surface area (TPSA) is 3.24 Å². The monoisotopic (exact) mass is 197 g/mol. The molecule has 0 bridgehead atoms. The minimum absolute atomic E-state index is 0.752. The summed E-state index contributed by atoms with van der Waals surface area (Å²) < 4.78 is 0. The zero-order valence-corrected chi connectivity index (χ0v) is 9.11. The molecule has 0 amide bonds. The van der Waals surface area contributed by atoms with Crippen LogP contribution in [0.15, 0.2) is 0 Å². The lowest BCUT2D eigenvalue weighted by Gasteiger charge is -2.28. The Morgan fingerprint density at radius 2 is 1.54 bits per heavy atom. The second-order valence-corrected chi connectivity index (χ2v) is 4.79. The van der Waals surface area contributed by atoms with Crippen molar-refractivity contribution in [3.8, 4) is 0 Å². The minimum Gasteiger partial charge on any atom is -0.366 e. The van der Waals surface area contributed by atoms with Crippen molar-refractivity contribution in [3.05, 3.63) is 0 Å². The zero-order valence-electron chi connectivity index (χ0n) is 8.30. The molecule has 0 spiro atoms. The molecule has 0 radical (unpaired) electrons. The zero-order chi connectivity index (χ0) is 9.10. The van der Waals surface area contributed by atoms with Crippen molar-refractivity contribution in [2.75, 3.05) is 13.1 Å². The van der Waals surface area contributed by atoms with Crippen molar-refractivity contribution >= 4 is 17.2 Å². The Labute approximate surface area is 86.5 Å². The van der Waals surface area contributed by atoms with Crippen molar-refractivity contribution in [2.45, 2.75) is 44.9 Å². The van der Waals surface area contributed by atoms with Crippen LogP contribution in [0.3, 0.4) is 0 Å². The third kappa shape index (κ3) is 2.22. The van der Waals surface area contributed by atoms with E-state index in [0.29, 0.717) is 0 Å². The molecule has 0 aromatic rings. The van der Waals surface area contributed by atoms with Gasteiger partial charge < -0.3 is 4.90 Å². The van der Waals surface area contributed by atoms with Gasteiger partial charge in [-0.3, -0.25) is 0 Å². The second-order valence-electron chi connectivity index (χ2n) is 4.37. The van der Waals surface area contributed by atoms with Crippen LogP contribution in [0.1, 0.15) is 44.9 Å². The summed E-state index contributed by atoms with van der Waals surface area (Å²) in [6.45, 7) is 2.46. The van der Waals surface area contributed by atoms with E-state index >= 15 is 0 Å². The molecule has 74 valence electrons. The predicted molar refractivity (Wildman–Crippen MR) is 60.0 cm³/mol. The average Bonchev–Trinajstić information content (AvgIpc) is 2.71. The van der Waals surface area contributed by atoms with E-state index in [1.54, 1.807) is 0 Å². The van der Waals surface area contributed by atoms with Crippen molar-refractivity contribution in [3.63, 3.8) is 0 Å². The molecule has 2 heteroatoms. The molecule has 13 heavy (non-hydrogen) atoms. The summed E-state index contributed by atoms with van der Waals surface area (Å²) in [5, 5.41) is 0. The van der Waals surface area contributed by atoms with Crippen LogP contribution in [0, 0.1) is 5.92 Å². The average molecular weight is 197 g/mol. The Hall–Kier alpha value is -0.110. The fourth-order valence-electron chi connectivity index (χ4n) is 2.55. The molecule has 1 nitrogen and oxygen atoms in total. The van der Waals surface area contributed by atoms with E-state index in [1.807, 2.05) is 0 Å². The third-order valence-corrected chi connectivity index (χ3v) is 3.96. The van der Waals surface area contributed by atoms with Crippen LogP contribution in [-0.2, 0) is 0 Å². The Kier molecular flexibility index (Phi) is 3.20. The highest BCUT2D eigenvalue weighted by Crippen LogP contribution is 2.27. The number of hydrogen-bond acceptors (Lipinski definition) is 1. The summed E-state index contributed by atoms with van der Waals surface area (Å²) in [5.74, 6) is 0.752. The molecular formula is C11H19NS. The molecule has 1 heterocycles. The Morgan fingerprint density at radius 3 is 2.15 bits per heavy atom. The van der Waals surface area contributed by atoms with Gasteiger partial charge in [-0.1, -0.05) is 31.5 Å². The molecule has 0 aromatic carbocycles. The quantitative estimate of drug-likeness (QED) is 0.595. The maximum absolute atomic E-state index is 5.56. The fourth-order valence-corrected chi connectivity index (χ4v) is 2.96. The molecule has 2 aliphatic rings. The number of hydrogen-bond donors (Lipinski definition) is 0. The molecule has 1 saturated heterocycles. The number of nitrogens with zero attached hydrogens (tertiary/aromatic N) is 1. The van der Waals surface area contributed by atoms with Gasteiger partial charge in [-0.05, 0) is 25.7 Å². The molecule has 0 N–H and O–H groups in total. The third-order valence-electron chi connectivity index (χ3n) is 3.37. The Bertz CT molecular complexity index is 179. The van der Waals surface area contributed by atoms with E-state index in [-0.39, 0.29) is 0 Å². The first-order valence-electron chi connectivity index (χ1n) is 5.67. The van der Waals surface area contributed by atoms with Gasteiger partial charge >= 0.3 is 0 Å². The van der Waals surface area contributed by atoms with Gasteiger partial charge in [0.1, 0.15) is 0 Å². The van der Waals surface area contributed by atoms with Gasteiger partial charge in [0.15, 0.2) is 0 Å². The van der Waals surface area contributed by atoms with Crippen LogP contribution < -0.4 is 0 Å². The Morgan fingerprint density at radius 1 is 0.923 bits per heavy atom. The van der Waals surface area contributed by atoms with Gasteiger partial charge in [0.05, 0.1) is 4.99 Å². The smallest absolute Gasteiger partial charge is 0.0810 e. The highest BCUT2D eigenvalue weighted by Gasteiger charge is 2.23. The molecule has 1 aliphatic carbocycles. The van der Waals surface area contributed by atoms with Gasteiger partial charge in [-0.15, -0.1) is 0 Å². The number of thiocarbonyl (C=S) groups is 1. The molecule has 0 unspecified atom stereocenters. The van der Waals surface area contributed by atoms with Crippen molar-refractivity contribution in [2.24, 2.45) is 5.92 Å². The van der Waals surface area contributed by atoms with E-state index in [2.05, 4.69) is 4.90 Å². The molecule has 0 atom stereocenters. The van der Waals surface area contributed by atoms with E-state index in [1.165, 1.54) is 63.0 Å². The van der Waals surface area contributed by atoms with Crippen LogP contribution in [0.5, 0.6) is 0 Å². The van der Waals surface area contributed by atoms with E-state index in [4.69, 9.17) is 12.2 Å². The van der Waals surface area contributed by atoms with Gasteiger partial charge in [-0.25, -0.2) is 0 Å². The van der Waals surface area contributed by atoms with Gasteiger partial charge in [0, 0.05) is 19.0 Å². The van der Waals surface area contributed by atoms with Crippen LogP contribution in [0.25, 0.3) is 0 Å². The van der Waals surface area contributed by atoms with Gasteiger partial charge in [0.2, 0.25) is 0 Å². The highest BCUT2D eigenvalue weighted by atomic mass is 32.1. The molecule has 1 aliphatic heterocycles. The second kappa shape index (κ2) is 4.41. The molecule has 1 saturated carbocycles. The molecule has 2 fully saturated rings. The SMILES string of the molecule is S=C(C1CCCCC1)N1CCCC1. The summed E-state index contributed by atoms with van der Waals surface area (Å²) in [6.07, 6.45) is 9.65. The first-order chi connectivity index (χ1) is 6.38. The summed E-state index contributed by atoms with van der Waals surface area (Å²) in [5.41, 5.74) is 0. The van der Waals surface area contributed by atoms with Crippen LogP contribution in [0.4, 0.5) is 0 Å².